The van der Waals surface area contributed by atoms with Crippen molar-refractivity contribution in [3.8, 4) is 17.1 Å². The van der Waals surface area contributed by atoms with Crippen LogP contribution in [0.4, 0.5) is 4.79 Å². The third-order valence-corrected chi connectivity index (χ3v) is 5.06. The Hall–Kier alpha value is -3.87. The van der Waals surface area contributed by atoms with Gasteiger partial charge in [0, 0.05) is 29.1 Å². The summed E-state index contributed by atoms with van der Waals surface area (Å²) in [5.41, 5.74) is 3.32. The molecule has 33 heavy (non-hydrogen) atoms. The number of benzene rings is 2. The number of nitrogens with one attached hydrogen (secondary N) is 1. The zero-order chi connectivity index (χ0) is 23.4. The van der Waals surface area contributed by atoms with E-state index in [1.807, 2.05) is 81.4 Å². The molecule has 0 fully saturated rings. The number of pyridine rings is 1. The van der Waals surface area contributed by atoms with Gasteiger partial charge in [-0.1, -0.05) is 47.6 Å². The summed E-state index contributed by atoms with van der Waals surface area (Å²) in [6.07, 6.45) is -0.0707. The van der Waals surface area contributed by atoms with Crippen LogP contribution in [-0.4, -0.2) is 28.9 Å². The van der Waals surface area contributed by atoms with E-state index < -0.39 is 17.7 Å². The zero-order valence-electron chi connectivity index (χ0n) is 19.2. The maximum absolute atomic E-state index is 12.8. The number of rotatable bonds is 6. The van der Waals surface area contributed by atoms with Gasteiger partial charge in [-0.15, -0.1) is 0 Å². The molecule has 4 rings (SSSR count). The van der Waals surface area contributed by atoms with E-state index in [2.05, 4.69) is 15.5 Å². The molecule has 0 saturated heterocycles. The summed E-state index contributed by atoms with van der Waals surface area (Å²) in [5.74, 6) is 0.513. The molecule has 0 unspecified atom stereocenters. The molecule has 1 amide bonds. The van der Waals surface area contributed by atoms with E-state index in [9.17, 15) is 4.79 Å². The fraction of sp³-hybridized carbons (Fsp3) is 0.269. The van der Waals surface area contributed by atoms with Gasteiger partial charge >= 0.3 is 6.09 Å². The van der Waals surface area contributed by atoms with Crippen LogP contribution in [0.25, 0.3) is 22.2 Å². The quantitative estimate of drug-likeness (QED) is 0.409. The van der Waals surface area contributed by atoms with E-state index in [-0.39, 0.29) is 0 Å². The van der Waals surface area contributed by atoms with E-state index in [1.165, 1.54) is 0 Å². The summed E-state index contributed by atoms with van der Waals surface area (Å²) in [4.78, 5) is 17.3. The molecule has 0 spiro atoms. The fourth-order valence-electron chi connectivity index (χ4n) is 3.68. The van der Waals surface area contributed by atoms with Crippen LogP contribution in [0, 0.1) is 0 Å². The van der Waals surface area contributed by atoms with Gasteiger partial charge in [-0.2, -0.15) is 0 Å². The number of amides is 1. The number of ether oxygens (including phenoxy) is 2. The van der Waals surface area contributed by atoms with Crippen molar-refractivity contribution >= 4 is 17.1 Å². The first kappa shape index (κ1) is 22.3. The van der Waals surface area contributed by atoms with Crippen LogP contribution in [0.2, 0.25) is 0 Å². The molecule has 7 nitrogen and oxygen atoms in total. The average molecular weight is 446 g/mol. The van der Waals surface area contributed by atoms with E-state index in [0.717, 1.165) is 27.9 Å². The molecule has 7 heteroatoms. The number of carbonyl (C=O) groups excluding carboxylic acids is 1. The monoisotopic (exact) mass is 445 g/mol. The highest BCUT2D eigenvalue weighted by Crippen LogP contribution is 2.34. The molecule has 0 aliphatic heterocycles. The number of alkyl carbamates (subject to hydrolysis) is 1. The molecule has 1 N–H and O–H groups in total. The molecule has 170 valence electrons. The largest absolute Gasteiger partial charge is 0.481 e. The number of hydrogen-bond acceptors (Lipinski definition) is 6. The molecule has 0 aliphatic rings. The van der Waals surface area contributed by atoms with Crippen LogP contribution in [0.5, 0.6) is 5.88 Å². The summed E-state index contributed by atoms with van der Waals surface area (Å²) in [6, 6.07) is 20.7. The van der Waals surface area contributed by atoms with Crippen molar-refractivity contribution in [3.05, 3.63) is 78.0 Å². The van der Waals surface area contributed by atoms with Crippen molar-refractivity contribution in [3.63, 3.8) is 0 Å². The lowest BCUT2D eigenvalue weighted by molar-refractivity contribution is 0.0503. The zero-order valence-corrected chi connectivity index (χ0v) is 19.2. The molecule has 0 aliphatic carbocycles. The lowest BCUT2D eigenvalue weighted by atomic mass is 9.93. The number of aromatic nitrogens is 2. The van der Waals surface area contributed by atoms with Crippen molar-refractivity contribution in [2.24, 2.45) is 0 Å². The summed E-state index contributed by atoms with van der Waals surface area (Å²) in [7, 11) is 1.58. The van der Waals surface area contributed by atoms with Gasteiger partial charge in [0.1, 0.15) is 11.3 Å². The number of carbonyl (C=O) groups is 1. The Morgan fingerprint density at radius 3 is 2.58 bits per heavy atom. The molecule has 4 aromatic rings. The van der Waals surface area contributed by atoms with Gasteiger partial charge in [0.2, 0.25) is 5.88 Å². The summed E-state index contributed by atoms with van der Waals surface area (Å²) >= 11 is 0. The summed E-state index contributed by atoms with van der Waals surface area (Å²) < 4.78 is 16.4. The van der Waals surface area contributed by atoms with E-state index >= 15 is 0 Å². The second kappa shape index (κ2) is 9.32. The van der Waals surface area contributed by atoms with Gasteiger partial charge < -0.3 is 19.3 Å². The lowest BCUT2D eigenvalue weighted by Gasteiger charge is -2.25. The third kappa shape index (κ3) is 5.31. The maximum Gasteiger partial charge on any atom is 0.408 e. The first-order valence-corrected chi connectivity index (χ1v) is 10.8. The summed E-state index contributed by atoms with van der Waals surface area (Å²) in [5, 5.41) is 8.26. The Bertz CT molecular complexity index is 1260. The van der Waals surface area contributed by atoms with Gasteiger partial charge in [-0.05, 0) is 44.5 Å². The van der Waals surface area contributed by atoms with Crippen LogP contribution < -0.4 is 10.1 Å². The fourth-order valence-corrected chi connectivity index (χ4v) is 3.68. The van der Waals surface area contributed by atoms with Gasteiger partial charge in [0.05, 0.1) is 13.2 Å². The SMILES string of the molecule is COc1cccc(C[C@H](NC(=O)OC(C)(C)C)c2ccccc2-c2noc3ccccc23)n1. The maximum atomic E-state index is 12.8. The van der Waals surface area contributed by atoms with Crippen LogP contribution in [-0.2, 0) is 11.2 Å². The standard InChI is InChI=1S/C26H27N3O4/c1-26(2,3)32-25(30)28-21(16-17-10-9-15-23(27-17)31-4)18-11-5-6-12-19(18)24-20-13-7-8-14-22(20)33-29-24/h5-15,21H,16H2,1-4H3,(H,28,30)/t21-/m0/s1. The van der Waals surface area contributed by atoms with E-state index in [4.69, 9.17) is 14.0 Å². The van der Waals surface area contributed by atoms with Crippen molar-refractivity contribution in [1.82, 2.24) is 15.5 Å². The third-order valence-electron chi connectivity index (χ3n) is 5.06. The minimum Gasteiger partial charge on any atom is -0.481 e. The Balaban J connectivity index is 1.76. The first-order valence-electron chi connectivity index (χ1n) is 10.8. The molecule has 2 aromatic carbocycles. The molecule has 2 aromatic heterocycles. The number of methoxy groups -OCH3 is 1. The van der Waals surface area contributed by atoms with Gasteiger partial charge in [0.15, 0.2) is 5.58 Å². The number of para-hydroxylation sites is 1. The smallest absolute Gasteiger partial charge is 0.408 e. The van der Waals surface area contributed by atoms with Crippen molar-refractivity contribution in [1.29, 1.82) is 0 Å². The van der Waals surface area contributed by atoms with Crippen LogP contribution >= 0.6 is 0 Å². The molecule has 0 bridgehead atoms. The normalized spacial score (nSPS) is 12.4. The highest BCUT2D eigenvalue weighted by molar-refractivity contribution is 5.92. The van der Waals surface area contributed by atoms with E-state index in [1.54, 1.807) is 13.2 Å². The molecule has 0 saturated carbocycles. The van der Waals surface area contributed by atoms with Crippen molar-refractivity contribution < 1.29 is 18.8 Å². The highest BCUT2D eigenvalue weighted by atomic mass is 16.6. The van der Waals surface area contributed by atoms with Gasteiger partial charge in [-0.25, -0.2) is 9.78 Å². The highest BCUT2D eigenvalue weighted by Gasteiger charge is 2.25. The topological polar surface area (TPSA) is 86.5 Å². The second-order valence-electron chi connectivity index (χ2n) is 8.69. The molecule has 0 radical (unpaired) electrons. The minimum absolute atomic E-state index is 0.425. The minimum atomic E-state index is -0.620. The predicted molar refractivity (Wildman–Crippen MR) is 126 cm³/mol. The summed E-state index contributed by atoms with van der Waals surface area (Å²) in [6.45, 7) is 5.50. The Morgan fingerprint density at radius 2 is 1.79 bits per heavy atom. The average Bonchev–Trinajstić information content (AvgIpc) is 3.21. The first-order chi connectivity index (χ1) is 15.8. The molecular weight excluding hydrogens is 418 g/mol. The van der Waals surface area contributed by atoms with Crippen molar-refractivity contribution in [2.45, 2.75) is 38.8 Å². The molecular formula is C26H27N3O4. The Kier molecular flexibility index (Phi) is 6.31. The second-order valence-corrected chi connectivity index (χ2v) is 8.69. The van der Waals surface area contributed by atoms with Crippen LogP contribution in [0.15, 0.2) is 71.3 Å². The van der Waals surface area contributed by atoms with Gasteiger partial charge in [0.25, 0.3) is 0 Å². The van der Waals surface area contributed by atoms with Crippen LogP contribution in [0.3, 0.4) is 0 Å². The number of fused-ring (bicyclic) bond motifs is 1. The lowest BCUT2D eigenvalue weighted by Crippen LogP contribution is -2.36. The number of hydrogen-bond donors (Lipinski definition) is 1. The number of nitrogens with zero attached hydrogens (tertiary/aromatic N) is 2. The van der Waals surface area contributed by atoms with Crippen molar-refractivity contribution in [2.75, 3.05) is 7.11 Å². The van der Waals surface area contributed by atoms with Gasteiger partial charge in [-0.3, -0.25) is 0 Å². The van der Waals surface area contributed by atoms with Crippen LogP contribution in [0.1, 0.15) is 38.1 Å². The molecule has 1 atom stereocenters. The predicted octanol–water partition coefficient (Wildman–Crippen LogP) is 5.71. The molecule has 2 heterocycles. The van der Waals surface area contributed by atoms with E-state index in [0.29, 0.717) is 17.9 Å². The Morgan fingerprint density at radius 1 is 1.03 bits per heavy atom. The Labute approximate surface area is 192 Å².